The topological polar surface area (TPSA) is 41.6 Å². The molecular formula is C26H22Cl2N2O2S. The van der Waals surface area contributed by atoms with Crippen LogP contribution in [0.1, 0.15) is 22.8 Å². The van der Waals surface area contributed by atoms with Crippen LogP contribution in [0.25, 0.3) is 10.1 Å². The first-order valence-corrected chi connectivity index (χ1v) is 12.3. The van der Waals surface area contributed by atoms with Crippen molar-refractivity contribution in [1.29, 1.82) is 0 Å². The van der Waals surface area contributed by atoms with Crippen LogP contribution in [0, 0.1) is 0 Å². The number of nitrogens with one attached hydrogen (secondary N) is 1. The van der Waals surface area contributed by atoms with Gasteiger partial charge in [-0.2, -0.15) is 0 Å². The summed E-state index contributed by atoms with van der Waals surface area (Å²) in [5.41, 5.74) is 3.16. The molecule has 4 nitrogen and oxygen atoms in total. The SMILES string of the molecule is O=C(NCc1csc2ccccc12)N1CC(OC(c2ccc(Cl)cc2)c2ccc(Cl)cc2)C1. The summed E-state index contributed by atoms with van der Waals surface area (Å²) in [5, 5.41) is 7.70. The molecular weight excluding hydrogens is 475 g/mol. The van der Waals surface area contributed by atoms with Gasteiger partial charge in [0.1, 0.15) is 6.10 Å². The van der Waals surface area contributed by atoms with Gasteiger partial charge in [0.15, 0.2) is 0 Å². The average Bonchev–Trinajstić information content (AvgIpc) is 3.22. The Morgan fingerprint density at radius 2 is 1.58 bits per heavy atom. The maximum absolute atomic E-state index is 12.6. The van der Waals surface area contributed by atoms with Crippen molar-refractivity contribution in [2.45, 2.75) is 18.8 Å². The molecule has 1 saturated heterocycles. The van der Waals surface area contributed by atoms with Gasteiger partial charge in [-0.15, -0.1) is 11.3 Å². The van der Waals surface area contributed by atoms with Crippen LogP contribution in [0.3, 0.4) is 0 Å². The highest BCUT2D eigenvalue weighted by molar-refractivity contribution is 7.17. The van der Waals surface area contributed by atoms with Crippen LogP contribution >= 0.6 is 34.5 Å². The second-order valence-electron chi connectivity index (χ2n) is 8.06. The average molecular weight is 497 g/mol. The fourth-order valence-corrected chi connectivity index (χ4v) is 5.17. The zero-order chi connectivity index (χ0) is 22.8. The molecule has 168 valence electrons. The van der Waals surface area contributed by atoms with E-state index >= 15 is 0 Å². The summed E-state index contributed by atoms with van der Waals surface area (Å²) >= 11 is 13.8. The minimum Gasteiger partial charge on any atom is -0.362 e. The molecule has 0 atom stereocenters. The Morgan fingerprint density at radius 1 is 0.970 bits per heavy atom. The molecule has 1 N–H and O–H groups in total. The molecule has 3 aromatic carbocycles. The molecule has 7 heteroatoms. The molecule has 2 heterocycles. The third-order valence-corrected chi connectivity index (χ3v) is 7.32. The standard InChI is InChI=1S/C26H22Cl2N2O2S/c27-20-9-5-17(6-10-20)25(18-7-11-21(28)12-8-18)32-22-14-30(15-22)26(31)29-13-19-16-33-24-4-2-1-3-23(19)24/h1-12,16,22,25H,13-15H2,(H,29,31). The van der Waals surface area contributed by atoms with Crippen molar-refractivity contribution >= 4 is 50.7 Å². The van der Waals surface area contributed by atoms with E-state index in [-0.39, 0.29) is 18.2 Å². The number of amides is 2. The number of rotatable bonds is 6. The molecule has 0 bridgehead atoms. The van der Waals surface area contributed by atoms with E-state index < -0.39 is 0 Å². The molecule has 1 aromatic heterocycles. The number of halogens is 2. The summed E-state index contributed by atoms with van der Waals surface area (Å²) in [6.07, 6.45) is -0.305. The molecule has 0 saturated carbocycles. The van der Waals surface area contributed by atoms with Gasteiger partial charge >= 0.3 is 6.03 Å². The third-order valence-electron chi connectivity index (χ3n) is 5.80. The lowest BCUT2D eigenvalue weighted by atomic mass is 10.0. The summed E-state index contributed by atoms with van der Waals surface area (Å²) in [4.78, 5) is 14.4. The fourth-order valence-electron chi connectivity index (χ4n) is 3.96. The van der Waals surface area contributed by atoms with E-state index in [4.69, 9.17) is 27.9 Å². The van der Waals surface area contributed by atoms with Gasteiger partial charge in [-0.25, -0.2) is 4.79 Å². The Hall–Kier alpha value is -2.57. The normalized spacial score (nSPS) is 14.0. The van der Waals surface area contributed by atoms with Crippen molar-refractivity contribution in [3.63, 3.8) is 0 Å². The Kier molecular flexibility index (Phi) is 6.56. The minimum atomic E-state index is -0.257. The van der Waals surface area contributed by atoms with Gasteiger partial charge in [-0.3, -0.25) is 0 Å². The number of nitrogens with zero attached hydrogens (tertiary/aromatic N) is 1. The van der Waals surface area contributed by atoms with E-state index in [0.717, 1.165) is 16.7 Å². The summed E-state index contributed by atoms with van der Waals surface area (Å²) in [6, 6.07) is 23.5. The number of fused-ring (bicyclic) bond motifs is 1. The summed E-state index contributed by atoms with van der Waals surface area (Å²) in [7, 11) is 0. The van der Waals surface area contributed by atoms with Crippen LogP contribution in [0.2, 0.25) is 10.0 Å². The van der Waals surface area contributed by atoms with E-state index in [9.17, 15) is 4.79 Å². The third kappa shape index (κ3) is 5.02. The summed E-state index contributed by atoms with van der Waals surface area (Å²) in [6.45, 7) is 1.62. The van der Waals surface area contributed by atoms with E-state index in [1.54, 1.807) is 16.2 Å². The number of likely N-dealkylation sites (tertiary alicyclic amines) is 1. The van der Waals surface area contributed by atoms with Gasteiger partial charge in [-0.1, -0.05) is 65.7 Å². The Labute approximate surface area is 206 Å². The molecule has 0 aliphatic carbocycles. The molecule has 1 aliphatic rings. The zero-order valence-corrected chi connectivity index (χ0v) is 20.0. The molecule has 2 amide bonds. The smallest absolute Gasteiger partial charge is 0.317 e. The monoisotopic (exact) mass is 496 g/mol. The molecule has 0 radical (unpaired) electrons. The predicted molar refractivity (Wildman–Crippen MR) is 135 cm³/mol. The molecule has 1 aliphatic heterocycles. The predicted octanol–water partition coefficient (Wildman–Crippen LogP) is 6.91. The van der Waals surface area contributed by atoms with Gasteiger partial charge in [0, 0.05) is 21.3 Å². The highest BCUT2D eigenvalue weighted by atomic mass is 35.5. The Balaban J connectivity index is 1.20. The zero-order valence-electron chi connectivity index (χ0n) is 17.7. The number of benzene rings is 3. The van der Waals surface area contributed by atoms with Crippen molar-refractivity contribution in [3.05, 3.63) is 105 Å². The molecule has 0 unspecified atom stereocenters. The van der Waals surface area contributed by atoms with Crippen LogP contribution in [0.5, 0.6) is 0 Å². The Morgan fingerprint density at radius 3 is 2.21 bits per heavy atom. The van der Waals surface area contributed by atoms with Crippen molar-refractivity contribution in [2.24, 2.45) is 0 Å². The van der Waals surface area contributed by atoms with Crippen LogP contribution in [-0.2, 0) is 11.3 Å². The van der Waals surface area contributed by atoms with E-state index in [1.165, 1.54) is 10.1 Å². The van der Waals surface area contributed by atoms with Crippen molar-refractivity contribution in [3.8, 4) is 0 Å². The van der Waals surface area contributed by atoms with Crippen LogP contribution < -0.4 is 5.32 Å². The second-order valence-corrected chi connectivity index (χ2v) is 9.85. The molecule has 1 fully saturated rings. The van der Waals surface area contributed by atoms with E-state index in [2.05, 4.69) is 22.8 Å². The molecule has 4 aromatic rings. The van der Waals surface area contributed by atoms with Gasteiger partial charge in [0.2, 0.25) is 0 Å². The first kappa shape index (κ1) is 22.2. The number of carbonyl (C=O) groups excluding carboxylic acids is 1. The lowest BCUT2D eigenvalue weighted by molar-refractivity contribution is -0.0645. The number of ether oxygens (including phenoxy) is 1. The van der Waals surface area contributed by atoms with Gasteiger partial charge in [-0.05, 0) is 57.8 Å². The summed E-state index contributed by atoms with van der Waals surface area (Å²) in [5.74, 6) is 0. The highest BCUT2D eigenvalue weighted by Gasteiger charge is 2.34. The number of thiophene rings is 1. The van der Waals surface area contributed by atoms with E-state index in [0.29, 0.717) is 29.7 Å². The first-order chi connectivity index (χ1) is 16.1. The number of hydrogen-bond acceptors (Lipinski definition) is 3. The van der Waals surface area contributed by atoms with Crippen LogP contribution in [0.15, 0.2) is 78.2 Å². The largest absolute Gasteiger partial charge is 0.362 e. The highest BCUT2D eigenvalue weighted by Crippen LogP contribution is 2.31. The maximum Gasteiger partial charge on any atom is 0.317 e. The van der Waals surface area contributed by atoms with Gasteiger partial charge in [0.05, 0.1) is 19.2 Å². The van der Waals surface area contributed by atoms with Crippen molar-refractivity contribution in [1.82, 2.24) is 10.2 Å². The fraction of sp³-hybridized carbons (Fsp3) is 0.192. The van der Waals surface area contributed by atoms with E-state index in [1.807, 2.05) is 60.7 Å². The van der Waals surface area contributed by atoms with Gasteiger partial charge < -0.3 is 15.0 Å². The summed E-state index contributed by atoms with van der Waals surface area (Å²) < 4.78 is 7.65. The van der Waals surface area contributed by atoms with Crippen LogP contribution in [0.4, 0.5) is 4.79 Å². The number of carbonyl (C=O) groups is 1. The lowest BCUT2D eigenvalue weighted by Crippen LogP contribution is -2.57. The first-order valence-electron chi connectivity index (χ1n) is 10.7. The lowest BCUT2D eigenvalue weighted by Gasteiger charge is -2.40. The minimum absolute atomic E-state index is 0.0471. The Bertz CT molecular complexity index is 1210. The maximum atomic E-state index is 12.6. The van der Waals surface area contributed by atoms with Crippen LogP contribution in [-0.4, -0.2) is 30.1 Å². The quantitative estimate of drug-likeness (QED) is 0.315. The van der Waals surface area contributed by atoms with Crippen molar-refractivity contribution < 1.29 is 9.53 Å². The molecule has 0 spiro atoms. The second kappa shape index (κ2) is 9.74. The molecule has 5 rings (SSSR count). The molecule has 33 heavy (non-hydrogen) atoms. The van der Waals surface area contributed by atoms with Gasteiger partial charge in [0.25, 0.3) is 0 Å². The number of hydrogen-bond donors (Lipinski definition) is 1. The van der Waals surface area contributed by atoms with Crippen molar-refractivity contribution in [2.75, 3.05) is 13.1 Å². The number of urea groups is 1.